The van der Waals surface area contributed by atoms with Gasteiger partial charge in [0.05, 0.1) is 7.11 Å². The van der Waals surface area contributed by atoms with Gasteiger partial charge in [-0.25, -0.2) is 0 Å². The van der Waals surface area contributed by atoms with Crippen LogP contribution in [-0.2, 0) is 0 Å². The van der Waals surface area contributed by atoms with Crippen molar-refractivity contribution in [3.63, 3.8) is 0 Å². The first-order chi connectivity index (χ1) is 6.31. The molecule has 1 fully saturated rings. The van der Waals surface area contributed by atoms with E-state index in [4.69, 9.17) is 4.74 Å². The van der Waals surface area contributed by atoms with E-state index in [0.717, 1.165) is 10.6 Å². The first kappa shape index (κ1) is 8.95. The highest BCUT2D eigenvalue weighted by molar-refractivity contribution is 7.80. The molecule has 1 aliphatic rings. The minimum atomic E-state index is 0.710. The topological polar surface area (TPSA) is 9.23 Å². The number of ether oxygens (including phenoxy) is 1. The third-order valence-corrected chi connectivity index (χ3v) is 3.04. The quantitative estimate of drug-likeness (QED) is 0.711. The molecule has 0 aromatic heterocycles. The van der Waals surface area contributed by atoms with Crippen LogP contribution in [0.4, 0.5) is 0 Å². The van der Waals surface area contributed by atoms with Gasteiger partial charge in [0.25, 0.3) is 0 Å². The third kappa shape index (κ3) is 1.68. The van der Waals surface area contributed by atoms with Crippen molar-refractivity contribution in [1.82, 2.24) is 0 Å². The SMILES string of the molecule is COc1ccc(S)cc1C1CCC1. The Kier molecular flexibility index (Phi) is 2.49. The molecule has 1 aromatic carbocycles. The highest BCUT2D eigenvalue weighted by atomic mass is 32.1. The molecule has 2 heteroatoms. The molecule has 13 heavy (non-hydrogen) atoms. The van der Waals surface area contributed by atoms with Crippen LogP contribution in [0.1, 0.15) is 30.7 Å². The van der Waals surface area contributed by atoms with Gasteiger partial charge in [-0.1, -0.05) is 6.42 Å². The zero-order chi connectivity index (χ0) is 9.26. The summed E-state index contributed by atoms with van der Waals surface area (Å²) in [4.78, 5) is 1.03. The first-order valence-corrected chi connectivity index (χ1v) is 5.13. The minimum Gasteiger partial charge on any atom is -0.496 e. The van der Waals surface area contributed by atoms with E-state index in [1.54, 1.807) is 7.11 Å². The fraction of sp³-hybridized carbons (Fsp3) is 0.455. The Morgan fingerprint density at radius 1 is 1.38 bits per heavy atom. The van der Waals surface area contributed by atoms with E-state index in [1.807, 2.05) is 12.1 Å². The van der Waals surface area contributed by atoms with Crippen LogP contribution in [0.25, 0.3) is 0 Å². The Bertz CT molecular complexity index is 305. The molecule has 2 rings (SSSR count). The zero-order valence-electron chi connectivity index (χ0n) is 7.79. The summed E-state index contributed by atoms with van der Waals surface area (Å²) in [6.45, 7) is 0. The van der Waals surface area contributed by atoms with Crippen molar-refractivity contribution in [2.24, 2.45) is 0 Å². The van der Waals surface area contributed by atoms with E-state index < -0.39 is 0 Å². The fourth-order valence-corrected chi connectivity index (χ4v) is 1.97. The Balaban J connectivity index is 2.33. The summed E-state index contributed by atoms with van der Waals surface area (Å²) in [5.41, 5.74) is 1.33. The molecule has 0 heterocycles. The van der Waals surface area contributed by atoms with Crippen molar-refractivity contribution < 1.29 is 4.74 Å². The molecule has 1 nitrogen and oxygen atoms in total. The maximum Gasteiger partial charge on any atom is 0.122 e. The van der Waals surface area contributed by atoms with Crippen molar-refractivity contribution in [1.29, 1.82) is 0 Å². The van der Waals surface area contributed by atoms with Crippen LogP contribution in [0.3, 0.4) is 0 Å². The molecule has 0 atom stereocenters. The van der Waals surface area contributed by atoms with Crippen molar-refractivity contribution in [2.45, 2.75) is 30.1 Å². The first-order valence-electron chi connectivity index (χ1n) is 4.68. The third-order valence-electron chi connectivity index (χ3n) is 2.76. The van der Waals surface area contributed by atoms with Crippen LogP contribution in [0.2, 0.25) is 0 Å². The predicted molar refractivity (Wildman–Crippen MR) is 56.8 cm³/mol. The van der Waals surface area contributed by atoms with E-state index in [9.17, 15) is 0 Å². The van der Waals surface area contributed by atoms with Gasteiger partial charge in [0.2, 0.25) is 0 Å². The summed E-state index contributed by atoms with van der Waals surface area (Å²) in [6.07, 6.45) is 3.95. The minimum absolute atomic E-state index is 0.710. The van der Waals surface area contributed by atoms with Gasteiger partial charge in [-0.2, -0.15) is 0 Å². The van der Waals surface area contributed by atoms with Crippen LogP contribution in [0.15, 0.2) is 23.1 Å². The Morgan fingerprint density at radius 3 is 2.69 bits per heavy atom. The second-order valence-corrected chi connectivity index (χ2v) is 4.07. The lowest BCUT2D eigenvalue weighted by Crippen LogP contribution is -2.10. The second-order valence-electron chi connectivity index (χ2n) is 3.55. The van der Waals surface area contributed by atoms with Crippen LogP contribution in [0, 0.1) is 0 Å². The molecule has 0 radical (unpaired) electrons. The highest BCUT2D eigenvalue weighted by Crippen LogP contribution is 2.41. The van der Waals surface area contributed by atoms with Gasteiger partial charge in [-0.3, -0.25) is 0 Å². The van der Waals surface area contributed by atoms with Crippen molar-refractivity contribution in [3.05, 3.63) is 23.8 Å². The maximum atomic E-state index is 5.32. The van der Waals surface area contributed by atoms with Crippen LogP contribution in [0.5, 0.6) is 5.75 Å². The molecule has 1 aliphatic carbocycles. The van der Waals surface area contributed by atoms with E-state index in [-0.39, 0.29) is 0 Å². The number of benzene rings is 1. The second kappa shape index (κ2) is 3.62. The lowest BCUT2D eigenvalue weighted by atomic mass is 9.80. The smallest absolute Gasteiger partial charge is 0.122 e. The molecule has 0 N–H and O–H groups in total. The maximum absolute atomic E-state index is 5.32. The van der Waals surface area contributed by atoms with Gasteiger partial charge < -0.3 is 4.74 Å². The molecule has 70 valence electrons. The van der Waals surface area contributed by atoms with Crippen molar-refractivity contribution in [2.75, 3.05) is 7.11 Å². The van der Waals surface area contributed by atoms with Crippen molar-refractivity contribution >= 4 is 12.6 Å². The molecular formula is C11H14OS. The standard InChI is InChI=1S/C11H14OS/c1-12-11-6-5-9(13)7-10(11)8-3-2-4-8/h5-8,13H,2-4H2,1H3. The molecule has 1 saturated carbocycles. The summed E-state index contributed by atoms with van der Waals surface area (Å²) in [5.74, 6) is 1.73. The molecule has 0 saturated heterocycles. The highest BCUT2D eigenvalue weighted by Gasteiger charge is 2.22. The summed E-state index contributed by atoms with van der Waals surface area (Å²) >= 11 is 4.34. The molecule has 0 unspecified atom stereocenters. The summed E-state index contributed by atoms with van der Waals surface area (Å²) in [6, 6.07) is 6.12. The van der Waals surface area contributed by atoms with Crippen LogP contribution >= 0.6 is 12.6 Å². The van der Waals surface area contributed by atoms with Gasteiger partial charge >= 0.3 is 0 Å². The number of hydrogen-bond acceptors (Lipinski definition) is 2. The number of hydrogen-bond donors (Lipinski definition) is 1. The number of thiol groups is 1. The van der Waals surface area contributed by atoms with E-state index >= 15 is 0 Å². The van der Waals surface area contributed by atoms with E-state index in [2.05, 4.69) is 18.7 Å². The zero-order valence-corrected chi connectivity index (χ0v) is 8.68. The molecule has 0 bridgehead atoms. The van der Waals surface area contributed by atoms with E-state index in [1.165, 1.54) is 24.8 Å². The number of methoxy groups -OCH3 is 1. The lowest BCUT2D eigenvalue weighted by molar-refractivity contribution is 0.373. The molecule has 1 aromatic rings. The average molecular weight is 194 g/mol. The summed E-state index contributed by atoms with van der Waals surface area (Å²) < 4.78 is 5.32. The molecule has 0 amide bonds. The number of rotatable bonds is 2. The Morgan fingerprint density at radius 2 is 2.15 bits per heavy atom. The van der Waals surface area contributed by atoms with Gasteiger partial charge in [-0.05, 0) is 42.5 Å². The molecule has 0 spiro atoms. The lowest BCUT2D eigenvalue weighted by Gasteiger charge is -2.27. The molecular weight excluding hydrogens is 180 g/mol. The van der Waals surface area contributed by atoms with Crippen LogP contribution < -0.4 is 4.74 Å². The van der Waals surface area contributed by atoms with E-state index in [0.29, 0.717) is 5.92 Å². The Hall–Kier alpha value is -0.630. The monoisotopic (exact) mass is 194 g/mol. The largest absolute Gasteiger partial charge is 0.496 e. The van der Waals surface area contributed by atoms with Crippen LogP contribution in [-0.4, -0.2) is 7.11 Å². The van der Waals surface area contributed by atoms with Crippen molar-refractivity contribution in [3.8, 4) is 5.75 Å². The van der Waals surface area contributed by atoms with Gasteiger partial charge in [0.1, 0.15) is 5.75 Å². The van der Waals surface area contributed by atoms with Gasteiger partial charge in [-0.15, -0.1) is 12.6 Å². The summed E-state index contributed by atoms with van der Waals surface area (Å²) in [7, 11) is 1.73. The average Bonchev–Trinajstić information content (AvgIpc) is 2.02. The predicted octanol–water partition coefficient (Wildman–Crippen LogP) is 3.25. The normalized spacial score (nSPS) is 16.8. The summed E-state index contributed by atoms with van der Waals surface area (Å²) in [5, 5.41) is 0. The fourth-order valence-electron chi connectivity index (χ4n) is 1.76. The Labute approximate surface area is 84.5 Å². The van der Waals surface area contributed by atoms with Gasteiger partial charge in [0, 0.05) is 4.90 Å². The molecule has 0 aliphatic heterocycles. The van der Waals surface area contributed by atoms with Gasteiger partial charge in [0.15, 0.2) is 0 Å².